The smallest absolute Gasteiger partial charge is 0.257 e. The van der Waals surface area contributed by atoms with Crippen molar-refractivity contribution >= 4 is 34.9 Å². The molecule has 1 aliphatic rings. The summed E-state index contributed by atoms with van der Waals surface area (Å²) in [5.41, 5.74) is 1.66. The highest BCUT2D eigenvalue weighted by molar-refractivity contribution is 6.30. The van der Waals surface area contributed by atoms with Gasteiger partial charge in [-0.05, 0) is 29.8 Å². The predicted octanol–water partition coefficient (Wildman–Crippen LogP) is 4.19. The second-order valence-electron chi connectivity index (χ2n) is 7.13. The summed E-state index contributed by atoms with van der Waals surface area (Å²) < 4.78 is 13.8. The van der Waals surface area contributed by atoms with Crippen LogP contribution in [0.3, 0.4) is 0 Å². The number of carbonyl (C=O) groups is 2. The lowest BCUT2D eigenvalue weighted by molar-refractivity contribution is 0.0992. The molecule has 0 radical (unpaired) electrons. The van der Waals surface area contributed by atoms with Crippen LogP contribution < -0.4 is 5.32 Å². The molecular formula is C23H18ClFN4O2. The van der Waals surface area contributed by atoms with E-state index in [0.717, 1.165) is 24.7 Å². The van der Waals surface area contributed by atoms with E-state index in [-0.39, 0.29) is 23.6 Å². The van der Waals surface area contributed by atoms with Gasteiger partial charge in [-0.25, -0.2) is 9.37 Å². The van der Waals surface area contributed by atoms with Crippen molar-refractivity contribution in [2.45, 2.75) is 6.42 Å². The summed E-state index contributed by atoms with van der Waals surface area (Å²) in [4.78, 5) is 31.4. The zero-order valence-corrected chi connectivity index (χ0v) is 17.1. The highest BCUT2D eigenvalue weighted by Crippen LogP contribution is 2.19. The number of anilines is 1. The Morgan fingerprint density at radius 3 is 2.42 bits per heavy atom. The molecule has 2 N–H and O–H groups in total. The molecule has 0 atom stereocenters. The van der Waals surface area contributed by atoms with Crippen molar-refractivity contribution in [1.82, 2.24) is 9.88 Å². The van der Waals surface area contributed by atoms with Gasteiger partial charge in [-0.3, -0.25) is 15.0 Å². The first kappa shape index (κ1) is 20.7. The van der Waals surface area contributed by atoms with Crippen LogP contribution in [0.25, 0.3) is 0 Å². The van der Waals surface area contributed by atoms with Crippen molar-refractivity contribution in [3.63, 3.8) is 0 Å². The minimum Gasteiger partial charge on any atom is -0.353 e. The summed E-state index contributed by atoms with van der Waals surface area (Å²) in [6.07, 6.45) is 1.32. The molecule has 8 heteroatoms. The number of aromatic nitrogens is 1. The second kappa shape index (κ2) is 8.65. The number of hydrogen-bond donors (Lipinski definition) is 2. The molecule has 1 aliphatic heterocycles. The number of nitrogens with zero attached hydrogens (tertiary/aromatic N) is 2. The van der Waals surface area contributed by atoms with Gasteiger partial charge in [-0.15, -0.1) is 0 Å². The van der Waals surface area contributed by atoms with Crippen LogP contribution in [0.1, 0.15) is 31.8 Å². The minimum atomic E-state index is -0.580. The predicted molar refractivity (Wildman–Crippen MR) is 116 cm³/mol. The third-order valence-corrected chi connectivity index (χ3v) is 5.10. The monoisotopic (exact) mass is 436 g/mol. The standard InChI is InChI=1S/C23H18ClFN4O2/c24-17-6-8-21(27-13-17)28-23(31)19-12-18(25)7-5-16(19)11-20(30)14-1-3-15(4-2-14)22(26)29-9-10-29/h1-8,12-13,26H,9-11H2,(H,27,28,31). The number of ketones is 1. The number of carbonyl (C=O) groups excluding carboxylic acids is 2. The van der Waals surface area contributed by atoms with Gasteiger partial charge in [-0.2, -0.15) is 0 Å². The molecule has 3 aromatic rings. The minimum absolute atomic E-state index is 0.0602. The molecule has 2 heterocycles. The molecule has 1 saturated heterocycles. The molecule has 0 bridgehead atoms. The number of hydrogen-bond acceptors (Lipinski definition) is 4. The number of amidine groups is 1. The van der Waals surface area contributed by atoms with Crippen LogP contribution in [0, 0.1) is 11.2 Å². The Morgan fingerprint density at radius 1 is 1.06 bits per heavy atom. The van der Waals surface area contributed by atoms with Crippen molar-refractivity contribution in [3.05, 3.63) is 93.9 Å². The topological polar surface area (TPSA) is 85.9 Å². The Kier molecular flexibility index (Phi) is 5.77. The molecule has 0 aliphatic carbocycles. The quantitative estimate of drug-likeness (QED) is 0.262. The van der Waals surface area contributed by atoms with Crippen molar-refractivity contribution in [2.75, 3.05) is 18.4 Å². The Hall–Kier alpha value is -3.58. The maximum absolute atomic E-state index is 13.8. The molecule has 0 spiro atoms. The normalized spacial score (nSPS) is 12.4. The van der Waals surface area contributed by atoms with E-state index in [0.29, 0.717) is 22.0 Å². The highest BCUT2D eigenvalue weighted by Gasteiger charge is 2.22. The van der Waals surface area contributed by atoms with Crippen LogP contribution in [0.5, 0.6) is 0 Å². The SMILES string of the molecule is N=C(c1ccc(C(=O)Cc2ccc(F)cc2C(=O)Nc2ccc(Cl)cn2)cc1)N1CC1. The highest BCUT2D eigenvalue weighted by atomic mass is 35.5. The first-order valence-corrected chi connectivity index (χ1v) is 9.97. The van der Waals surface area contributed by atoms with Gasteiger partial charge in [0, 0.05) is 42.4 Å². The number of benzene rings is 2. The summed E-state index contributed by atoms with van der Waals surface area (Å²) in [7, 11) is 0. The molecule has 156 valence electrons. The largest absolute Gasteiger partial charge is 0.353 e. The van der Waals surface area contributed by atoms with E-state index in [4.69, 9.17) is 17.0 Å². The van der Waals surface area contributed by atoms with Crippen molar-refractivity contribution < 1.29 is 14.0 Å². The van der Waals surface area contributed by atoms with Gasteiger partial charge in [0.2, 0.25) is 0 Å². The lowest BCUT2D eigenvalue weighted by Crippen LogP contribution is -2.17. The van der Waals surface area contributed by atoms with E-state index in [2.05, 4.69) is 10.3 Å². The fourth-order valence-corrected chi connectivity index (χ4v) is 3.20. The average molecular weight is 437 g/mol. The third-order valence-electron chi connectivity index (χ3n) is 4.88. The molecule has 0 saturated carbocycles. The zero-order valence-electron chi connectivity index (χ0n) is 16.4. The van der Waals surface area contributed by atoms with Crippen molar-refractivity contribution in [2.24, 2.45) is 0 Å². The Morgan fingerprint density at radius 2 is 1.77 bits per heavy atom. The molecular weight excluding hydrogens is 419 g/mol. The van der Waals surface area contributed by atoms with E-state index >= 15 is 0 Å². The zero-order chi connectivity index (χ0) is 22.0. The first-order valence-electron chi connectivity index (χ1n) is 9.59. The van der Waals surface area contributed by atoms with E-state index in [1.54, 1.807) is 30.3 Å². The number of amides is 1. The Labute approximate surface area is 183 Å². The molecule has 4 rings (SSSR count). The van der Waals surface area contributed by atoms with E-state index in [1.165, 1.54) is 24.4 Å². The van der Waals surface area contributed by atoms with Gasteiger partial charge >= 0.3 is 0 Å². The maximum atomic E-state index is 13.8. The maximum Gasteiger partial charge on any atom is 0.257 e. The third kappa shape index (κ3) is 4.95. The number of rotatable bonds is 6. The summed E-state index contributed by atoms with van der Waals surface area (Å²) in [5, 5.41) is 11.1. The van der Waals surface area contributed by atoms with E-state index < -0.39 is 11.7 Å². The lowest BCUT2D eigenvalue weighted by Gasteiger charge is -2.11. The van der Waals surface area contributed by atoms with E-state index in [9.17, 15) is 14.0 Å². The van der Waals surface area contributed by atoms with Crippen molar-refractivity contribution in [3.8, 4) is 0 Å². The van der Waals surface area contributed by atoms with Crippen LogP contribution in [-0.4, -0.2) is 40.5 Å². The van der Waals surface area contributed by atoms with Gasteiger partial charge in [0.05, 0.1) is 5.02 Å². The molecule has 1 aromatic heterocycles. The molecule has 0 unspecified atom stereocenters. The number of pyridine rings is 1. The lowest BCUT2D eigenvalue weighted by atomic mass is 9.97. The Bertz CT molecular complexity index is 1160. The van der Waals surface area contributed by atoms with Crippen molar-refractivity contribution in [1.29, 1.82) is 5.41 Å². The average Bonchev–Trinajstić information content (AvgIpc) is 3.61. The molecule has 1 amide bonds. The fourth-order valence-electron chi connectivity index (χ4n) is 3.09. The summed E-state index contributed by atoms with van der Waals surface area (Å²) in [6.45, 7) is 1.75. The second-order valence-corrected chi connectivity index (χ2v) is 7.57. The summed E-state index contributed by atoms with van der Waals surface area (Å²) in [5.74, 6) is -0.662. The van der Waals surface area contributed by atoms with E-state index in [1.807, 2.05) is 4.90 Å². The molecule has 1 fully saturated rings. The Balaban J connectivity index is 1.51. The van der Waals surface area contributed by atoms with Crippen LogP contribution in [0.15, 0.2) is 60.8 Å². The first-order chi connectivity index (χ1) is 14.9. The van der Waals surface area contributed by atoms with Crippen LogP contribution in [0.2, 0.25) is 5.02 Å². The van der Waals surface area contributed by atoms with Crippen LogP contribution in [-0.2, 0) is 6.42 Å². The number of nitrogens with one attached hydrogen (secondary N) is 2. The summed E-state index contributed by atoms with van der Waals surface area (Å²) >= 11 is 5.80. The molecule has 6 nitrogen and oxygen atoms in total. The summed E-state index contributed by atoms with van der Waals surface area (Å²) in [6, 6.07) is 13.6. The van der Waals surface area contributed by atoms with Gasteiger partial charge in [0.25, 0.3) is 5.91 Å². The molecule has 2 aromatic carbocycles. The molecule has 31 heavy (non-hydrogen) atoms. The fraction of sp³-hybridized carbons (Fsp3) is 0.130. The number of Topliss-reactive ketones (excluding diaryl/α,β-unsaturated/α-hetero) is 1. The van der Waals surface area contributed by atoms with Gasteiger partial charge < -0.3 is 10.2 Å². The van der Waals surface area contributed by atoms with Crippen LogP contribution in [0.4, 0.5) is 10.2 Å². The van der Waals surface area contributed by atoms with Gasteiger partial charge in [-0.1, -0.05) is 41.9 Å². The van der Waals surface area contributed by atoms with Crippen LogP contribution >= 0.6 is 11.6 Å². The van der Waals surface area contributed by atoms with Gasteiger partial charge in [0.15, 0.2) is 5.78 Å². The van der Waals surface area contributed by atoms with Gasteiger partial charge in [0.1, 0.15) is 17.5 Å². The number of halogens is 2.